The molecule has 0 N–H and O–H groups in total. The van der Waals surface area contributed by atoms with Gasteiger partial charge in [0, 0.05) is 27.6 Å². The Kier molecular flexibility index (Phi) is 3.81. The zero-order valence-electron chi connectivity index (χ0n) is 11.7. The lowest BCUT2D eigenvalue weighted by Crippen LogP contribution is -2.20. The van der Waals surface area contributed by atoms with Crippen LogP contribution in [0.2, 0.25) is 5.02 Å². The summed E-state index contributed by atoms with van der Waals surface area (Å²) in [6.07, 6.45) is 0. The zero-order valence-corrected chi connectivity index (χ0v) is 12.5. The van der Waals surface area contributed by atoms with Gasteiger partial charge in [0.15, 0.2) is 5.82 Å². The van der Waals surface area contributed by atoms with Gasteiger partial charge in [-0.15, -0.1) is 4.79 Å². The van der Waals surface area contributed by atoms with Crippen molar-refractivity contribution in [1.29, 1.82) is 0 Å². The Morgan fingerprint density at radius 1 is 1.23 bits per heavy atom. The molecule has 0 amide bonds. The highest BCUT2D eigenvalue weighted by Gasteiger charge is 2.10. The van der Waals surface area contributed by atoms with Crippen molar-refractivity contribution >= 4 is 22.4 Å². The minimum atomic E-state index is -0.757. The molecule has 3 aromatic rings. The SMILES string of the molecule is Cc1cc(=O)n(F)c(COc2ccc(Cl)c3ccccc23)n1. The fourth-order valence-electron chi connectivity index (χ4n) is 2.23. The molecule has 1 heterocycles. The van der Waals surface area contributed by atoms with Crippen LogP contribution in [0, 0.1) is 6.92 Å². The lowest BCUT2D eigenvalue weighted by atomic mass is 10.1. The molecule has 0 fully saturated rings. The molecular formula is C16H12ClFN2O2. The Labute approximate surface area is 130 Å². The second kappa shape index (κ2) is 5.77. The van der Waals surface area contributed by atoms with Crippen LogP contribution in [0.25, 0.3) is 10.8 Å². The summed E-state index contributed by atoms with van der Waals surface area (Å²) >= 11 is 6.14. The normalized spacial score (nSPS) is 10.9. The van der Waals surface area contributed by atoms with Crippen LogP contribution in [0.1, 0.15) is 11.5 Å². The maximum atomic E-state index is 13.7. The van der Waals surface area contributed by atoms with Crippen molar-refractivity contribution < 1.29 is 9.22 Å². The molecule has 0 bridgehead atoms. The van der Waals surface area contributed by atoms with E-state index in [-0.39, 0.29) is 17.2 Å². The van der Waals surface area contributed by atoms with Gasteiger partial charge in [-0.05, 0) is 19.1 Å². The second-order valence-electron chi connectivity index (χ2n) is 4.81. The molecule has 0 aliphatic heterocycles. The van der Waals surface area contributed by atoms with E-state index in [4.69, 9.17) is 16.3 Å². The summed E-state index contributed by atoms with van der Waals surface area (Å²) in [4.78, 5) is 15.4. The summed E-state index contributed by atoms with van der Waals surface area (Å²) in [6.45, 7) is 1.47. The molecule has 0 unspecified atom stereocenters. The smallest absolute Gasteiger partial charge is 0.282 e. The summed E-state index contributed by atoms with van der Waals surface area (Å²) in [7, 11) is 0. The highest BCUT2D eigenvalue weighted by molar-refractivity contribution is 6.35. The number of aryl methyl sites for hydroxylation is 1. The van der Waals surface area contributed by atoms with Gasteiger partial charge in [0.1, 0.15) is 12.4 Å². The van der Waals surface area contributed by atoms with Gasteiger partial charge in [0.25, 0.3) is 5.56 Å². The van der Waals surface area contributed by atoms with Crippen LogP contribution < -0.4 is 10.3 Å². The molecule has 6 heteroatoms. The molecule has 0 aliphatic carbocycles. The van der Waals surface area contributed by atoms with Crippen LogP contribution in [0.4, 0.5) is 4.48 Å². The molecule has 0 spiro atoms. The predicted molar refractivity (Wildman–Crippen MR) is 83.0 cm³/mol. The first-order valence-corrected chi connectivity index (χ1v) is 7.00. The number of nitrogens with zero attached hydrogens (tertiary/aromatic N) is 2. The summed E-state index contributed by atoms with van der Waals surface area (Å²) in [5.74, 6) is 0.472. The minimum absolute atomic E-state index is 0.00882. The summed E-state index contributed by atoms with van der Waals surface area (Å²) in [5, 5.41) is 2.27. The minimum Gasteiger partial charge on any atom is -0.485 e. The molecule has 22 heavy (non-hydrogen) atoms. The molecule has 1 aromatic heterocycles. The van der Waals surface area contributed by atoms with Crippen molar-refractivity contribution in [2.24, 2.45) is 0 Å². The van der Waals surface area contributed by atoms with Gasteiger partial charge in [0.2, 0.25) is 0 Å². The number of halogens is 2. The van der Waals surface area contributed by atoms with E-state index in [9.17, 15) is 9.28 Å². The average Bonchev–Trinajstić information content (AvgIpc) is 2.51. The number of hydrogen-bond donors (Lipinski definition) is 0. The maximum Gasteiger partial charge on any atom is 0.282 e. The molecule has 3 rings (SSSR count). The van der Waals surface area contributed by atoms with Gasteiger partial charge in [-0.1, -0.05) is 40.3 Å². The Morgan fingerprint density at radius 2 is 1.95 bits per heavy atom. The van der Waals surface area contributed by atoms with Crippen molar-refractivity contribution in [3.05, 3.63) is 69.4 Å². The van der Waals surface area contributed by atoms with E-state index in [1.807, 2.05) is 24.3 Å². The van der Waals surface area contributed by atoms with Gasteiger partial charge >= 0.3 is 0 Å². The molecule has 0 saturated heterocycles. The fraction of sp³-hybridized carbons (Fsp3) is 0.125. The Balaban J connectivity index is 1.95. The first-order chi connectivity index (χ1) is 10.6. The maximum absolute atomic E-state index is 13.7. The van der Waals surface area contributed by atoms with Crippen molar-refractivity contribution in [2.75, 3.05) is 0 Å². The molecule has 0 atom stereocenters. The number of rotatable bonds is 3. The zero-order chi connectivity index (χ0) is 15.7. The largest absolute Gasteiger partial charge is 0.485 e. The first-order valence-electron chi connectivity index (χ1n) is 6.62. The van der Waals surface area contributed by atoms with Crippen molar-refractivity contribution in [3.63, 3.8) is 0 Å². The molecular weight excluding hydrogens is 307 g/mol. The molecule has 0 radical (unpaired) electrons. The van der Waals surface area contributed by atoms with E-state index in [1.54, 1.807) is 19.1 Å². The van der Waals surface area contributed by atoms with Crippen LogP contribution in [0.15, 0.2) is 47.3 Å². The summed E-state index contributed by atoms with van der Waals surface area (Å²) < 4.78 is 19.3. The van der Waals surface area contributed by atoms with E-state index in [2.05, 4.69) is 4.98 Å². The lowest BCUT2D eigenvalue weighted by Gasteiger charge is -2.11. The van der Waals surface area contributed by atoms with Crippen molar-refractivity contribution in [1.82, 2.24) is 9.77 Å². The molecule has 2 aromatic carbocycles. The fourth-order valence-corrected chi connectivity index (χ4v) is 2.46. The molecule has 112 valence electrons. The monoisotopic (exact) mass is 318 g/mol. The van der Waals surface area contributed by atoms with Gasteiger partial charge in [-0.25, -0.2) is 4.98 Å². The lowest BCUT2D eigenvalue weighted by molar-refractivity contribution is 0.247. The average molecular weight is 319 g/mol. The first kappa shape index (κ1) is 14.5. The number of hydrogen-bond acceptors (Lipinski definition) is 3. The molecule has 0 saturated carbocycles. The third-order valence-electron chi connectivity index (χ3n) is 3.25. The van der Waals surface area contributed by atoms with Crippen LogP contribution in [-0.2, 0) is 6.61 Å². The van der Waals surface area contributed by atoms with Gasteiger partial charge in [0.05, 0.1) is 0 Å². The molecule has 0 aliphatic rings. The van der Waals surface area contributed by atoms with Gasteiger partial charge < -0.3 is 4.74 Å². The Hall–Kier alpha value is -2.40. The van der Waals surface area contributed by atoms with E-state index >= 15 is 0 Å². The number of benzene rings is 2. The third kappa shape index (κ3) is 2.67. The second-order valence-corrected chi connectivity index (χ2v) is 5.22. The number of aromatic nitrogens is 2. The van der Waals surface area contributed by atoms with Gasteiger partial charge in [-0.3, -0.25) is 4.79 Å². The Bertz CT molecular complexity index is 908. The quantitative estimate of drug-likeness (QED) is 0.740. The van der Waals surface area contributed by atoms with E-state index in [0.717, 1.165) is 16.8 Å². The standard InChI is InChI=1S/C16H12ClFN2O2/c1-10-8-16(21)20(18)15(19-10)9-22-14-7-6-13(17)11-4-2-3-5-12(11)14/h2-8H,9H2,1H3. The summed E-state index contributed by atoms with van der Waals surface area (Å²) in [6, 6.07) is 12.0. The topological polar surface area (TPSA) is 44.1 Å². The molecule has 4 nitrogen and oxygen atoms in total. The van der Waals surface area contributed by atoms with E-state index in [0.29, 0.717) is 16.5 Å². The Morgan fingerprint density at radius 3 is 2.73 bits per heavy atom. The highest BCUT2D eigenvalue weighted by atomic mass is 35.5. The van der Waals surface area contributed by atoms with Gasteiger partial charge in [-0.2, -0.15) is 0 Å². The van der Waals surface area contributed by atoms with Crippen LogP contribution in [-0.4, -0.2) is 9.77 Å². The van der Waals surface area contributed by atoms with Crippen LogP contribution >= 0.6 is 11.6 Å². The van der Waals surface area contributed by atoms with Crippen LogP contribution in [0.3, 0.4) is 0 Å². The highest BCUT2D eigenvalue weighted by Crippen LogP contribution is 2.31. The van der Waals surface area contributed by atoms with Crippen molar-refractivity contribution in [3.8, 4) is 5.75 Å². The van der Waals surface area contributed by atoms with Crippen LogP contribution in [0.5, 0.6) is 5.75 Å². The third-order valence-corrected chi connectivity index (χ3v) is 3.58. The summed E-state index contributed by atoms with van der Waals surface area (Å²) in [5.41, 5.74) is -0.314. The number of fused-ring (bicyclic) bond motifs is 1. The number of ether oxygens (including phenoxy) is 1. The van der Waals surface area contributed by atoms with E-state index in [1.165, 1.54) is 0 Å². The van der Waals surface area contributed by atoms with Crippen molar-refractivity contribution in [2.45, 2.75) is 13.5 Å². The van der Waals surface area contributed by atoms with E-state index < -0.39 is 5.56 Å². The predicted octanol–water partition coefficient (Wildman–Crippen LogP) is 3.67.